The summed E-state index contributed by atoms with van der Waals surface area (Å²) in [4.78, 5) is 25.5. The molecular weight excluding hydrogens is 232 g/mol. The molecule has 0 saturated heterocycles. The number of nitrogens with zero attached hydrogens (tertiary/aromatic N) is 1. The summed E-state index contributed by atoms with van der Waals surface area (Å²) in [5.41, 5.74) is 0. The van der Waals surface area contributed by atoms with Crippen LogP contribution in [0.5, 0.6) is 0 Å². The Kier molecular flexibility index (Phi) is 4.22. The van der Waals surface area contributed by atoms with Crippen molar-refractivity contribution in [1.82, 2.24) is 10.2 Å². The Morgan fingerprint density at radius 1 is 1.33 bits per heavy atom. The minimum atomic E-state index is -0.248. The summed E-state index contributed by atoms with van der Waals surface area (Å²) < 4.78 is 4.96. The monoisotopic (exact) mass is 254 g/mol. The van der Waals surface area contributed by atoms with Gasteiger partial charge in [0.05, 0.1) is 19.2 Å². The number of carbonyl (C=O) groups excluding carboxylic acids is 2. The minimum Gasteiger partial charge on any atom is -0.465 e. The molecule has 0 radical (unpaired) electrons. The molecule has 2 aliphatic carbocycles. The third-order valence-electron chi connectivity index (χ3n) is 3.43. The van der Waals surface area contributed by atoms with Gasteiger partial charge in [-0.2, -0.15) is 0 Å². The first-order valence-electron chi connectivity index (χ1n) is 6.83. The van der Waals surface area contributed by atoms with Crippen molar-refractivity contribution in [2.45, 2.75) is 57.7 Å². The molecule has 0 bridgehead atoms. The average Bonchev–Trinajstić information content (AvgIpc) is 3.17. The molecule has 18 heavy (non-hydrogen) atoms. The molecular formula is C13H22N2O3. The molecule has 1 amide bonds. The van der Waals surface area contributed by atoms with E-state index in [1.165, 1.54) is 0 Å². The van der Waals surface area contributed by atoms with E-state index in [1.54, 1.807) is 6.92 Å². The highest BCUT2D eigenvalue weighted by Crippen LogP contribution is 2.29. The second-order valence-corrected chi connectivity index (χ2v) is 5.17. The van der Waals surface area contributed by atoms with Gasteiger partial charge in [-0.1, -0.05) is 0 Å². The largest absolute Gasteiger partial charge is 0.465 e. The fourth-order valence-corrected chi connectivity index (χ4v) is 2.04. The van der Waals surface area contributed by atoms with E-state index in [0.717, 1.165) is 25.7 Å². The summed E-state index contributed by atoms with van der Waals surface area (Å²) in [5, 5.41) is 2.99. The highest BCUT2D eigenvalue weighted by molar-refractivity contribution is 5.83. The molecule has 0 aromatic rings. The predicted octanol–water partition coefficient (Wildman–Crippen LogP) is 0.681. The van der Waals surface area contributed by atoms with Crippen LogP contribution in [0.15, 0.2) is 0 Å². The zero-order valence-electron chi connectivity index (χ0n) is 11.1. The third kappa shape index (κ3) is 3.70. The van der Waals surface area contributed by atoms with Gasteiger partial charge in [0.1, 0.15) is 0 Å². The number of hydrogen-bond donors (Lipinski definition) is 1. The minimum absolute atomic E-state index is 0.0358. The maximum absolute atomic E-state index is 12.0. The molecule has 1 unspecified atom stereocenters. The van der Waals surface area contributed by atoms with Crippen LogP contribution in [-0.4, -0.2) is 48.1 Å². The molecule has 0 aliphatic heterocycles. The van der Waals surface area contributed by atoms with Crippen molar-refractivity contribution in [2.75, 3.05) is 13.2 Å². The van der Waals surface area contributed by atoms with Crippen LogP contribution < -0.4 is 5.32 Å². The molecule has 5 nitrogen and oxygen atoms in total. The molecule has 2 saturated carbocycles. The van der Waals surface area contributed by atoms with Gasteiger partial charge < -0.3 is 10.1 Å². The SMILES string of the molecule is CCOC(=O)CN(C1CC1)C(C)C(=O)NC1CC1. The van der Waals surface area contributed by atoms with E-state index >= 15 is 0 Å². The predicted molar refractivity (Wildman–Crippen MR) is 67.0 cm³/mol. The Morgan fingerprint density at radius 3 is 2.50 bits per heavy atom. The Bertz CT molecular complexity index is 324. The highest BCUT2D eigenvalue weighted by atomic mass is 16.5. The summed E-state index contributed by atoms with van der Waals surface area (Å²) in [5.74, 6) is -0.204. The van der Waals surface area contributed by atoms with E-state index in [0.29, 0.717) is 18.7 Å². The van der Waals surface area contributed by atoms with E-state index in [9.17, 15) is 9.59 Å². The van der Waals surface area contributed by atoms with Gasteiger partial charge in [-0.05, 0) is 39.5 Å². The lowest BCUT2D eigenvalue weighted by Crippen LogP contribution is -2.48. The van der Waals surface area contributed by atoms with E-state index in [4.69, 9.17) is 4.74 Å². The Labute approximate surface area is 108 Å². The van der Waals surface area contributed by atoms with Crippen LogP contribution in [0.3, 0.4) is 0 Å². The lowest BCUT2D eigenvalue weighted by Gasteiger charge is -2.27. The highest BCUT2D eigenvalue weighted by Gasteiger charge is 2.37. The zero-order valence-corrected chi connectivity index (χ0v) is 11.1. The topological polar surface area (TPSA) is 58.6 Å². The molecule has 2 fully saturated rings. The number of ether oxygens (including phenoxy) is 1. The number of rotatable bonds is 7. The first-order valence-corrected chi connectivity index (χ1v) is 6.83. The Morgan fingerprint density at radius 2 is 2.00 bits per heavy atom. The van der Waals surface area contributed by atoms with E-state index in [1.807, 2.05) is 11.8 Å². The molecule has 1 N–H and O–H groups in total. The summed E-state index contributed by atoms with van der Waals surface area (Å²) in [6, 6.07) is 0.487. The molecule has 1 atom stereocenters. The number of esters is 1. The number of carbonyl (C=O) groups is 2. The van der Waals surface area contributed by atoms with Gasteiger partial charge >= 0.3 is 5.97 Å². The molecule has 0 heterocycles. The van der Waals surface area contributed by atoms with Gasteiger partial charge in [-0.25, -0.2) is 0 Å². The summed E-state index contributed by atoms with van der Waals surface area (Å²) in [6.07, 6.45) is 4.31. The van der Waals surface area contributed by atoms with Crippen LogP contribution in [0.25, 0.3) is 0 Å². The van der Waals surface area contributed by atoms with Crippen LogP contribution in [0.4, 0.5) is 0 Å². The second-order valence-electron chi connectivity index (χ2n) is 5.17. The molecule has 0 aromatic heterocycles. The molecule has 2 aliphatic rings. The molecule has 0 spiro atoms. The van der Waals surface area contributed by atoms with Crippen LogP contribution >= 0.6 is 0 Å². The molecule has 5 heteroatoms. The standard InChI is InChI=1S/C13H22N2O3/c1-3-18-12(16)8-15(11-6-7-11)9(2)13(17)14-10-4-5-10/h9-11H,3-8H2,1-2H3,(H,14,17). The number of amides is 1. The van der Waals surface area contributed by atoms with Crippen molar-refractivity contribution >= 4 is 11.9 Å². The van der Waals surface area contributed by atoms with Crippen molar-refractivity contribution in [3.05, 3.63) is 0 Å². The zero-order chi connectivity index (χ0) is 13.1. The van der Waals surface area contributed by atoms with Gasteiger partial charge in [0, 0.05) is 12.1 Å². The maximum Gasteiger partial charge on any atom is 0.320 e. The smallest absolute Gasteiger partial charge is 0.320 e. The van der Waals surface area contributed by atoms with Crippen molar-refractivity contribution < 1.29 is 14.3 Å². The van der Waals surface area contributed by atoms with Gasteiger partial charge in [-0.15, -0.1) is 0 Å². The quantitative estimate of drug-likeness (QED) is 0.679. The fraction of sp³-hybridized carbons (Fsp3) is 0.846. The van der Waals surface area contributed by atoms with E-state index < -0.39 is 0 Å². The van der Waals surface area contributed by atoms with Crippen molar-refractivity contribution in [2.24, 2.45) is 0 Å². The number of hydrogen-bond acceptors (Lipinski definition) is 4. The lowest BCUT2D eigenvalue weighted by molar-refractivity contribution is -0.145. The summed E-state index contributed by atoms with van der Waals surface area (Å²) in [7, 11) is 0. The second kappa shape index (κ2) is 5.69. The normalized spacial score (nSPS) is 20.6. The van der Waals surface area contributed by atoms with Gasteiger partial charge in [-0.3, -0.25) is 14.5 Å². The summed E-state index contributed by atoms with van der Waals surface area (Å²) >= 11 is 0. The van der Waals surface area contributed by atoms with Crippen LogP contribution in [0, 0.1) is 0 Å². The van der Waals surface area contributed by atoms with Crippen LogP contribution in [-0.2, 0) is 14.3 Å². The van der Waals surface area contributed by atoms with Crippen molar-refractivity contribution in [3.8, 4) is 0 Å². The number of nitrogens with one attached hydrogen (secondary N) is 1. The van der Waals surface area contributed by atoms with Gasteiger partial charge in [0.15, 0.2) is 0 Å². The first kappa shape index (κ1) is 13.3. The molecule has 102 valence electrons. The van der Waals surface area contributed by atoms with Gasteiger partial charge in [0.2, 0.25) is 5.91 Å². The lowest BCUT2D eigenvalue weighted by atomic mass is 10.2. The van der Waals surface area contributed by atoms with Crippen LogP contribution in [0.1, 0.15) is 39.5 Å². The van der Waals surface area contributed by atoms with Crippen molar-refractivity contribution in [3.63, 3.8) is 0 Å². The molecule has 0 aromatic carbocycles. The van der Waals surface area contributed by atoms with Crippen LogP contribution in [0.2, 0.25) is 0 Å². The Balaban J connectivity index is 1.86. The maximum atomic E-state index is 12.0. The Hall–Kier alpha value is -1.10. The third-order valence-corrected chi connectivity index (χ3v) is 3.43. The average molecular weight is 254 g/mol. The van der Waals surface area contributed by atoms with Gasteiger partial charge in [0.25, 0.3) is 0 Å². The van der Waals surface area contributed by atoms with E-state index in [2.05, 4.69) is 5.32 Å². The summed E-state index contributed by atoms with van der Waals surface area (Å²) in [6.45, 7) is 4.27. The first-order chi connectivity index (χ1) is 8.61. The fourth-order valence-electron chi connectivity index (χ4n) is 2.04. The molecule has 2 rings (SSSR count). The van der Waals surface area contributed by atoms with E-state index in [-0.39, 0.29) is 24.5 Å². The van der Waals surface area contributed by atoms with Crippen molar-refractivity contribution in [1.29, 1.82) is 0 Å².